The fourth-order valence-corrected chi connectivity index (χ4v) is 4.10. The summed E-state index contributed by atoms with van der Waals surface area (Å²) in [5, 5.41) is 0.988. The molecule has 1 unspecified atom stereocenters. The molecule has 0 amide bonds. The first kappa shape index (κ1) is 17.5. The third-order valence-electron chi connectivity index (χ3n) is 5.33. The summed E-state index contributed by atoms with van der Waals surface area (Å²) >= 11 is 0. The zero-order chi connectivity index (χ0) is 18.8. The van der Waals surface area contributed by atoms with Crippen LogP contribution in [0.4, 0.5) is 0 Å². The lowest BCUT2D eigenvalue weighted by Gasteiger charge is -2.22. The number of benzene rings is 2. The minimum atomic E-state index is -0.285. The van der Waals surface area contributed by atoms with Crippen molar-refractivity contribution in [1.29, 1.82) is 0 Å². The number of ketones is 1. The summed E-state index contributed by atoms with van der Waals surface area (Å²) in [6.07, 6.45) is 1.66. The number of para-hydroxylation sites is 1. The monoisotopic (exact) mass is 361 g/mol. The Kier molecular flexibility index (Phi) is 4.80. The number of esters is 1. The van der Waals surface area contributed by atoms with Crippen LogP contribution in [-0.2, 0) is 22.5 Å². The van der Waals surface area contributed by atoms with E-state index in [0.29, 0.717) is 13.0 Å². The maximum absolute atomic E-state index is 13.2. The van der Waals surface area contributed by atoms with Gasteiger partial charge in [-0.1, -0.05) is 48.5 Å². The third kappa shape index (κ3) is 3.27. The van der Waals surface area contributed by atoms with Crippen molar-refractivity contribution < 1.29 is 14.3 Å². The van der Waals surface area contributed by atoms with E-state index in [1.54, 1.807) is 6.92 Å². The number of aromatic nitrogens is 1. The quantitative estimate of drug-likeness (QED) is 0.633. The maximum Gasteiger partial charge on any atom is 0.306 e. The van der Waals surface area contributed by atoms with E-state index >= 15 is 0 Å². The van der Waals surface area contributed by atoms with Crippen LogP contribution < -0.4 is 0 Å². The molecule has 138 valence electrons. The van der Waals surface area contributed by atoms with Gasteiger partial charge in [0.25, 0.3) is 0 Å². The fourth-order valence-electron chi connectivity index (χ4n) is 4.10. The number of carbonyl (C=O) groups is 2. The molecule has 0 saturated carbocycles. The van der Waals surface area contributed by atoms with Gasteiger partial charge in [-0.05, 0) is 31.4 Å². The van der Waals surface area contributed by atoms with E-state index in [0.717, 1.165) is 35.1 Å². The molecule has 0 aliphatic heterocycles. The van der Waals surface area contributed by atoms with E-state index in [4.69, 9.17) is 4.74 Å². The summed E-state index contributed by atoms with van der Waals surface area (Å²) < 4.78 is 7.32. The van der Waals surface area contributed by atoms with Crippen molar-refractivity contribution in [3.63, 3.8) is 0 Å². The molecule has 4 rings (SSSR count). The molecule has 0 radical (unpaired) electrons. The molecule has 0 N–H and O–H groups in total. The van der Waals surface area contributed by atoms with Crippen LogP contribution in [0.1, 0.15) is 41.4 Å². The molecule has 3 aromatic rings. The van der Waals surface area contributed by atoms with E-state index in [-0.39, 0.29) is 24.1 Å². The predicted octanol–water partition coefficient (Wildman–Crippen LogP) is 4.39. The molecular weight excluding hydrogens is 338 g/mol. The molecule has 1 atom stereocenters. The number of hydrogen-bond acceptors (Lipinski definition) is 3. The average molecular weight is 361 g/mol. The normalized spacial score (nSPS) is 16.3. The highest BCUT2D eigenvalue weighted by Crippen LogP contribution is 2.36. The first-order chi connectivity index (χ1) is 13.2. The largest absolute Gasteiger partial charge is 0.466 e. The van der Waals surface area contributed by atoms with E-state index in [2.05, 4.69) is 22.8 Å². The molecule has 27 heavy (non-hydrogen) atoms. The van der Waals surface area contributed by atoms with Gasteiger partial charge in [0.2, 0.25) is 0 Å². The highest BCUT2D eigenvalue weighted by molar-refractivity contribution is 6.12. The summed E-state index contributed by atoms with van der Waals surface area (Å²) in [5.74, 6) is -0.493. The summed E-state index contributed by atoms with van der Waals surface area (Å²) in [5.41, 5.74) is 4.17. The Labute approximate surface area is 158 Å². The van der Waals surface area contributed by atoms with Gasteiger partial charge in [-0.2, -0.15) is 0 Å². The van der Waals surface area contributed by atoms with Gasteiger partial charge in [0, 0.05) is 34.6 Å². The molecule has 1 aliphatic carbocycles. The van der Waals surface area contributed by atoms with Gasteiger partial charge in [0.1, 0.15) is 0 Å². The smallest absolute Gasteiger partial charge is 0.306 e. The van der Waals surface area contributed by atoms with E-state index in [1.807, 2.05) is 36.4 Å². The lowest BCUT2D eigenvalue weighted by molar-refractivity contribution is -0.144. The first-order valence-corrected chi connectivity index (χ1v) is 9.53. The molecule has 4 nitrogen and oxygen atoms in total. The van der Waals surface area contributed by atoms with Crippen LogP contribution >= 0.6 is 0 Å². The van der Waals surface area contributed by atoms with Gasteiger partial charge >= 0.3 is 5.97 Å². The highest BCUT2D eigenvalue weighted by atomic mass is 16.5. The van der Waals surface area contributed by atoms with Crippen LogP contribution in [0.25, 0.3) is 10.9 Å². The Bertz CT molecular complexity index is 988. The van der Waals surface area contributed by atoms with Crippen molar-refractivity contribution in [3.8, 4) is 0 Å². The molecule has 4 heteroatoms. The summed E-state index contributed by atoms with van der Waals surface area (Å²) in [4.78, 5) is 25.1. The van der Waals surface area contributed by atoms with Gasteiger partial charge in [-0.25, -0.2) is 0 Å². The molecule has 1 aliphatic rings. The number of ether oxygens (including phenoxy) is 1. The topological polar surface area (TPSA) is 48.3 Å². The summed E-state index contributed by atoms with van der Waals surface area (Å²) in [6, 6.07) is 18.4. The van der Waals surface area contributed by atoms with Crippen LogP contribution in [0.5, 0.6) is 0 Å². The van der Waals surface area contributed by atoms with Crippen molar-refractivity contribution in [2.75, 3.05) is 6.61 Å². The molecule has 0 fully saturated rings. The van der Waals surface area contributed by atoms with Crippen molar-refractivity contribution in [1.82, 2.24) is 4.57 Å². The summed E-state index contributed by atoms with van der Waals surface area (Å²) in [7, 11) is 0. The Morgan fingerprint density at radius 3 is 2.63 bits per heavy atom. The molecule has 1 heterocycles. The number of hydrogen-bond donors (Lipinski definition) is 0. The second kappa shape index (κ2) is 7.39. The Morgan fingerprint density at radius 2 is 1.85 bits per heavy atom. The lowest BCUT2D eigenvalue weighted by Crippen LogP contribution is -2.26. The number of nitrogens with zero attached hydrogens (tertiary/aromatic N) is 1. The highest BCUT2D eigenvalue weighted by Gasteiger charge is 2.34. The van der Waals surface area contributed by atoms with Gasteiger partial charge in [-0.15, -0.1) is 0 Å². The Balaban J connectivity index is 1.74. The van der Waals surface area contributed by atoms with Gasteiger partial charge in [0.05, 0.1) is 13.0 Å². The Morgan fingerprint density at radius 1 is 1.11 bits per heavy atom. The predicted molar refractivity (Wildman–Crippen MR) is 105 cm³/mol. The number of carbonyl (C=O) groups excluding carboxylic acids is 2. The SMILES string of the molecule is CCOC(=O)CC1CCc2c(c3ccccc3n2Cc2ccccc2)C1=O. The lowest BCUT2D eigenvalue weighted by atomic mass is 9.83. The van der Waals surface area contributed by atoms with E-state index in [9.17, 15) is 9.59 Å². The van der Waals surface area contributed by atoms with Crippen molar-refractivity contribution >= 4 is 22.7 Å². The zero-order valence-electron chi connectivity index (χ0n) is 15.5. The average Bonchev–Trinajstić information content (AvgIpc) is 3.00. The second-order valence-corrected chi connectivity index (χ2v) is 7.02. The minimum absolute atomic E-state index is 0.0762. The van der Waals surface area contributed by atoms with Crippen molar-refractivity contribution in [2.45, 2.75) is 32.7 Å². The summed E-state index contributed by atoms with van der Waals surface area (Å²) in [6.45, 7) is 2.88. The standard InChI is InChI=1S/C23H23NO3/c1-2-27-21(25)14-17-12-13-20-22(23(17)26)18-10-6-7-11-19(18)24(20)15-16-8-4-3-5-9-16/h3-11,17H,2,12-15H2,1H3. The molecule has 0 bridgehead atoms. The van der Waals surface area contributed by atoms with E-state index in [1.165, 1.54) is 5.56 Å². The Hall–Kier alpha value is -2.88. The van der Waals surface area contributed by atoms with Gasteiger partial charge < -0.3 is 9.30 Å². The number of rotatable bonds is 5. The number of fused-ring (bicyclic) bond motifs is 3. The van der Waals surface area contributed by atoms with Gasteiger partial charge in [0.15, 0.2) is 5.78 Å². The van der Waals surface area contributed by atoms with Crippen LogP contribution in [-0.4, -0.2) is 22.9 Å². The molecule has 1 aromatic heterocycles. The second-order valence-electron chi connectivity index (χ2n) is 7.02. The van der Waals surface area contributed by atoms with Crippen molar-refractivity contribution in [2.24, 2.45) is 5.92 Å². The van der Waals surface area contributed by atoms with Crippen molar-refractivity contribution in [3.05, 3.63) is 71.4 Å². The molecule has 0 spiro atoms. The van der Waals surface area contributed by atoms with Crippen LogP contribution in [0.15, 0.2) is 54.6 Å². The molecule has 2 aromatic carbocycles. The minimum Gasteiger partial charge on any atom is -0.466 e. The molecule has 0 saturated heterocycles. The van der Waals surface area contributed by atoms with E-state index < -0.39 is 0 Å². The maximum atomic E-state index is 13.2. The fraction of sp³-hybridized carbons (Fsp3) is 0.304. The first-order valence-electron chi connectivity index (χ1n) is 9.53. The molecular formula is C23H23NO3. The number of Topliss-reactive ketones (excluding diaryl/α,β-unsaturated/α-hetero) is 1. The van der Waals surface area contributed by atoms with Gasteiger partial charge in [-0.3, -0.25) is 9.59 Å². The van der Waals surface area contributed by atoms with Crippen LogP contribution in [0.3, 0.4) is 0 Å². The third-order valence-corrected chi connectivity index (χ3v) is 5.33. The zero-order valence-corrected chi connectivity index (χ0v) is 15.5. The van der Waals surface area contributed by atoms with Crippen LogP contribution in [0.2, 0.25) is 0 Å². The van der Waals surface area contributed by atoms with Crippen LogP contribution in [0, 0.1) is 5.92 Å².